The van der Waals surface area contributed by atoms with Crippen molar-refractivity contribution in [2.75, 3.05) is 19.7 Å². The molecule has 3 heteroatoms. The summed E-state index contributed by atoms with van der Waals surface area (Å²) in [6.45, 7) is 4.03. The Morgan fingerprint density at radius 2 is 2.29 bits per heavy atom. The SMILES string of the molecule is CCc1cccc(OCC(O)CNCC2CC=CCC2)c1. The molecule has 0 heterocycles. The third-order valence-corrected chi connectivity index (χ3v) is 3.94. The first kappa shape index (κ1) is 16.1. The average molecular weight is 289 g/mol. The average Bonchev–Trinajstić information content (AvgIpc) is 2.54. The van der Waals surface area contributed by atoms with Gasteiger partial charge >= 0.3 is 0 Å². The van der Waals surface area contributed by atoms with Crippen molar-refractivity contribution in [1.82, 2.24) is 5.32 Å². The topological polar surface area (TPSA) is 41.5 Å². The number of hydrogen-bond acceptors (Lipinski definition) is 3. The summed E-state index contributed by atoms with van der Waals surface area (Å²) < 4.78 is 5.65. The van der Waals surface area contributed by atoms with E-state index in [-0.39, 0.29) is 0 Å². The fourth-order valence-corrected chi connectivity index (χ4v) is 2.60. The molecule has 1 aromatic carbocycles. The summed E-state index contributed by atoms with van der Waals surface area (Å²) in [5.74, 6) is 1.55. The summed E-state index contributed by atoms with van der Waals surface area (Å²) >= 11 is 0. The zero-order valence-electron chi connectivity index (χ0n) is 12.9. The van der Waals surface area contributed by atoms with Crippen LogP contribution in [0.25, 0.3) is 0 Å². The van der Waals surface area contributed by atoms with Crippen molar-refractivity contribution < 1.29 is 9.84 Å². The number of aliphatic hydroxyl groups excluding tert-OH is 1. The van der Waals surface area contributed by atoms with Crippen molar-refractivity contribution in [3.63, 3.8) is 0 Å². The van der Waals surface area contributed by atoms with Crippen LogP contribution >= 0.6 is 0 Å². The lowest BCUT2D eigenvalue weighted by molar-refractivity contribution is 0.105. The Morgan fingerprint density at radius 3 is 3.05 bits per heavy atom. The van der Waals surface area contributed by atoms with Crippen LogP contribution in [0.4, 0.5) is 0 Å². The van der Waals surface area contributed by atoms with E-state index in [0.29, 0.717) is 19.1 Å². The molecule has 2 N–H and O–H groups in total. The number of rotatable bonds is 8. The highest BCUT2D eigenvalue weighted by Crippen LogP contribution is 2.17. The van der Waals surface area contributed by atoms with Crippen LogP contribution in [0.1, 0.15) is 31.7 Å². The van der Waals surface area contributed by atoms with Gasteiger partial charge in [0.25, 0.3) is 0 Å². The van der Waals surface area contributed by atoms with Gasteiger partial charge in [-0.1, -0.05) is 31.2 Å². The number of nitrogens with one attached hydrogen (secondary N) is 1. The van der Waals surface area contributed by atoms with Crippen molar-refractivity contribution in [3.05, 3.63) is 42.0 Å². The zero-order valence-corrected chi connectivity index (χ0v) is 12.9. The molecule has 2 unspecified atom stereocenters. The minimum Gasteiger partial charge on any atom is -0.491 e. The van der Waals surface area contributed by atoms with E-state index in [0.717, 1.165) is 25.1 Å². The molecular formula is C18H27NO2. The van der Waals surface area contributed by atoms with Crippen LogP contribution < -0.4 is 10.1 Å². The summed E-state index contributed by atoms with van der Waals surface area (Å²) in [5.41, 5.74) is 1.26. The molecule has 0 aliphatic heterocycles. The van der Waals surface area contributed by atoms with Gasteiger partial charge in [0, 0.05) is 6.54 Å². The van der Waals surface area contributed by atoms with Crippen molar-refractivity contribution in [1.29, 1.82) is 0 Å². The molecule has 21 heavy (non-hydrogen) atoms. The fourth-order valence-electron chi connectivity index (χ4n) is 2.60. The van der Waals surface area contributed by atoms with Gasteiger partial charge in [0.15, 0.2) is 0 Å². The van der Waals surface area contributed by atoms with Crippen LogP contribution in [0.3, 0.4) is 0 Å². The molecule has 1 aliphatic rings. The minimum atomic E-state index is -0.464. The van der Waals surface area contributed by atoms with E-state index < -0.39 is 6.10 Å². The van der Waals surface area contributed by atoms with E-state index in [1.54, 1.807) is 0 Å². The Bertz CT molecular complexity index is 445. The normalized spacial score (nSPS) is 19.4. The minimum absolute atomic E-state index is 0.338. The van der Waals surface area contributed by atoms with Gasteiger partial charge in [-0.25, -0.2) is 0 Å². The molecule has 0 aromatic heterocycles. The van der Waals surface area contributed by atoms with Crippen LogP contribution in [0.15, 0.2) is 36.4 Å². The number of hydrogen-bond donors (Lipinski definition) is 2. The quantitative estimate of drug-likeness (QED) is 0.723. The van der Waals surface area contributed by atoms with Crippen LogP contribution in [0.2, 0.25) is 0 Å². The predicted molar refractivity (Wildman–Crippen MR) is 86.7 cm³/mol. The summed E-state index contributed by atoms with van der Waals surface area (Å²) in [6.07, 6.45) is 8.64. The second-order valence-corrected chi connectivity index (χ2v) is 5.77. The van der Waals surface area contributed by atoms with E-state index in [4.69, 9.17) is 4.74 Å². The van der Waals surface area contributed by atoms with E-state index in [1.807, 2.05) is 18.2 Å². The summed E-state index contributed by atoms with van der Waals surface area (Å²) in [7, 11) is 0. The Kier molecular flexibility index (Phi) is 6.77. The fraction of sp³-hybridized carbons (Fsp3) is 0.556. The first-order valence-corrected chi connectivity index (χ1v) is 8.03. The van der Waals surface area contributed by atoms with Gasteiger partial charge in [-0.3, -0.25) is 0 Å². The molecule has 2 atom stereocenters. The highest BCUT2D eigenvalue weighted by atomic mass is 16.5. The maximum absolute atomic E-state index is 9.96. The highest BCUT2D eigenvalue weighted by Gasteiger charge is 2.11. The lowest BCUT2D eigenvalue weighted by atomic mass is 9.94. The molecule has 0 saturated carbocycles. The monoisotopic (exact) mass is 289 g/mol. The summed E-state index contributed by atoms with van der Waals surface area (Å²) in [5, 5.41) is 13.3. The molecule has 0 fully saturated rings. The second-order valence-electron chi connectivity index (χ2n) is 5.77. The molecule has 0 saturated heterocycles. The number of aliphatic hydroxyl groups is 1. The second kappa shape index (κ2) is 8.85. The smallest absolute Gasteiger partial charge is 0.119 e. The largest absolute Gasteiger partial charge is 0.491 e. The van der Waals surface area contributed by atoms with E-state index in [2.05, 4.69) is 30.5 Å². The standard InChI is InChI=1S/C18H27NO2/c1-2-15-9-6-10-18(11-15)21-14-17(20)13-19-12-16-7-4-3-5-8-16/h3-4,6,9-11,16-17,19-20H,2,5,7-8,12-14H2,1H3. The lowest BCUT2D eigenvalue weighted by Crippen LogP contribution is -2.34. The Morgan fingerprint density at radius 1 is 1.38 bits per heavy atom. The van der Waals surface area contributed by atoms with Gasteiger partial charge in [0.2, 0.25) is 0 Å². The van der Waals surface area contributed by atoms with Crippen molar-refractivity contribution in [3.8, 4) is 5.75 Å². The van der Waals surface area contributed by atoms with Gasteiger partial charge in [0.1, 0.15) is 18.5 Å². The Balaban J connectivity index is 1.62. The molecule has 116 valence electrons. The molecule has 0 radical (unpaired) electrons. The van der Waals surface area contributed by atoms with Crippen molar-refractivity contribution >= 4 is 0 Å². The van der Waals surface area contributed by atoms with Crippen LogP contribution in [-0.4, -0.2) is 30.9 Å². The third kappa shape index (κ3) is 5.90. The van der Waals surface area contributed by atoms with Crippen LogP contribution in [0.5, 0.6) is 5.75 Å². The number of ether oxygens (including phenoxy) is 1. The van der Waals surface area contributed by atoms with Crippen LogP contribution in [-0.2, 0) is 6.42 Å². The van der Waals surface area contributed by atoms with E-state index in [1.165, 1.54) is 18.4 Å². The predicted octanol–water partition coefficient (Wildman–Crippen LogP) is 2.93. The van der Waals surface area contributed by atoms with Crippen LogP contribution in [0, 0.1) is 5.92 Å². The zero-order chi connectivity index (χ0) is 14.9. The lowest BCUT2D eigenvalue weighted by Gasteiger charge is -2.19. The molecular weight excluding hydrogens is 262 g/mol. The molecule has 0 amide bonds. The molecule has 2 rings (SSSR count). The molecule has 3 nitrogen and oxygen atoms in total. The van der Waals surface area contributed by atoms with Gasteiger partial charge in [-0.15, -0.1) is 0 Å². The number of aryl methyl sites for hydroxylation is 1. The molecule has 1 aliphatic carbocycles. The number of benzene rings is 1. The van der Waals surface area contributed by atoms with Gasteiger partial charge in [-0.05, 0) is 55.8 Å². The molecule has 0 spiro atoms. The maximum Gasteiger partial charge on any atom is 0.119 e. The van der Waals surface area contributed by atoms with E-state index in [9.17, 15) is 5.11 Å². The van der Waals surface area contributed by atoms with Gasteiger partial charge in [0.05, 0.1) is 0 Å². The van der Waals surface area contributed by atoms with Gasteiger partial charge < -0.3 is 15.2 Å². The summed E-state index contributed by atoms with van der Waals surface area (Å²) in [4.78, 5) is 0. The molecule has 0 bridgehead atoms. The highest BCUT2D eigenvalue weighted by molar-refractivity contribution is 5.28. The van der Waals surface area contributed by atoms with Crippen molar-refractivity contribution in [2.45, 2.75) is 38.7 Å². The Hall–Kier alpha value is -1.32. The maximum atomic E-state index is 9.96. The van der Waals surface area contributed by atoms with Gasteiger partial charge in [-0.2, -0.15) is 0 Å². The number of allylic oxidation sites excluding steroid dienone is 2. The first-order valence-electron chi connectivity index (χ1n) is 8.03. The van der Waals surface area contributed by atoms with Crippen molar-refractivity contribution in [2.24, 2.45) is 5.92 Å². The summed E-state index contributed by atoms with van der Waals surface area (Å²) in [6, 6.07) is 8.06. The first-order chi connectivity index (χ1) is 10.3. The van der Waals surface area contributed by atoms with E-state index >= 15 is 0 Å². The Labute approximate surface area is 128 Å². The molecule has 1 aromatic rings. The third-order valence-electron chi connectivity index (χ3n) is 3.94.